The number of urea groups is 1. The number of benzene rings is 2. The molecule has 10 nitrogen and oxygen atoms in total. The highest BCUT2D eigenvalue weighted by Gasteiger charge is 2.36. The number of morpholine rings is 1. The fourth-order valence-electron chi connectivity index (χ4n) is 5.19. The van der Waals surface area contributed by atoms with Crippen molar-refractivity contribution in [3.8, 4) is 11.5 Å². The zero-order valence-electron chi connectivity index (χ0n) is 24.7. The van der Waals surface area contributed by atoms with Gasteiger partial charge in [0.25, 0.3) is 5.91 Å². The summed E-state index contributed by atoms with van der Waals surface area (Å²) in [5.41, 5.74) is 4.67. The van der Waals surface area contributed by atoms with Gasteiger partial charge >= 0.3 is 6.03 Å². The Labute approximate surface area is 242 Å². The van der Waals surface area contributed by atoms with Crippen LogP contribution in [0.1, 0.15) is 55.5 Å². The third-order valence-electron chi connectivity index (χ3n) is 7.67. The smallest absolute Gasteiger partial charge is 0.318 e. The van der Waals surface area contributed by atoms with E-state index in [1.807, 2.05) is 39.0 Å². The Kier molecular flexibility index (Phi) is 8.51. The standard InChI is InChI=1S/C31H41N5O5/c1-21-6-7-23(16-22(21)2)25-18-26(24-8-9-27-28(17-24)41-20-40-27)36(33-25)29(37)19-35(30(38)32-31(3,4)5)11-10-34-12-14-39-15-13-34/h6-9,16-17,26H,10-15,18-20H2,1-5H3,(H,32,38)/t26-/m0/s1. The lowest BCUT2D eigenvalue weighted by molar-refractivity contribution is -0.133. The highest BCUT2D eigenvalue weighted by atomic mass is 16.7. The molecule has 220 valence electrons. The summed E-state index contributed by atoms with van der Waals surface area (Å²) < 4.78 is 16.6. The monoisotopic (exact) mass is 563 g/mol. The Bertz CT molecular complexity index is 1310. The fraction of sp³-hybridized carbons (Fsp3) is 0.516. The van der Waals surface area contributed by atoms with Crippen molar-refractivity contribution in [2.24, 2.45) is 5.10 Å². The Hall–Kier alpha value is -3.63. The molecule has 41 heavy (non-hydrogen) atoms. The molecule has 0 aliphatic carbocycles. The summed E-state index contributed by atoms with van der Waals surface area (Å²) >= 11 is 0. The molecule has 0 spiro atoms. The van der Waals surface area contributed by atoms with Crippen molar-refractivity contribution in [1.29, 1.82) is 0 Å². The maximum atomic E-state index is 14.0. The lowest BCUT2D eigenvalue weighted by atomic mass is 9.96. The number of aryl methyl sites for hydroxylation is 2. The minimum absolute atomic E-state index is 0.0863. The Morgan fingerprint density at radius 3 is 2.51 bits per heavy atom. The zero-order valence-corrected chi connectivity index (χ0v) is 24.7. The predicted molar refractivity (Wildman–Crippen MR) is 156 cm³/mol. The molecule has 0 bridgehead atoms. The highest BCUT2D eigenvalue weighted by molar-refractivity contribution is 6.03. The van der Waals surface area contributed by atoms with Crippen LogP contribution in [0, 0.1) is 13.8 Å². The molecule has 3 amide bonds. The van der Waals surface area contributed by atoms with Gasteiger partial charge in [0, 0.05) is 38.1 Å². The number of fused-ring (bicyclic) bond motifs is 1. The molecule has 3 heterocycles. The second-order valence-corrected chi connectivity index (χ2v) is 12.0. The first-order valence-corrected chi connectivity index (χ1v) is 14.3. The Morgan fingerprint density at radius 1 is 1.02 bits per heavy atom. The third kappa shape index (κ3) is 7.00. The number of amides is 3. The quantitative estimate of drug-likeness (QED) is 0.550. The summed E-state index contributed by atoms with van der Waals surface area (Å²) in [5.74, 6) is 1.11. The predicted octanol–water partition coefficient (Wildman–Crippen LogP) is 3.85. The molecular weight excluding hydrogens is 522 g/mol. The van der Waals surface area contributed by atoms with E-state index in [1.165, 1.54) is 11.1 Å². The average molecular weight is 564 g/mol. The average Bonchev–Trinajstić information content (AvgIpc) is 3.59. The molecular formula is C31H41N5O5. The molecule has 10 heteroatoms. The normalized spacial score (nSPS) is 18.8. The van der Waals surface area contributed by atoms with Crippen LogP contribution in [-0.2, 0) is 9.53 Å². The van der Waals surface area contributed by atoms with Gasteiger partial charge in [-0.25, -0.2) is 9.80 Å². The van der Waals surface area contributed by atoms with Crippen molar-refractivity contribution >= 4 is 17.6 Å². The van der Waals surface area contributed by atoms with E-state index in [0.717, 1.165) is 29.9 Å². The van der Waals surface area contributed by atoms with Gasteiger partial charge in [-0.05, 0) is 75.1 Å². The summed E-state index contributed by atoms with van der Waals surface area (Å²) in [5, 5.41) is 9.44. The lowest BCUT2D eigenvalue weighted by Gasteiger charge is -2.32. The molecule has 0 radical (unpaired) electrons. The minimum atomic E-state index is -0.436. The van der Waals surface area contributed by atoms with Gasteiger partial charge in [0.15, 0.2) is 11.5 Å². The van der Waals surface area contributed by atoms with Crippen LogP contribution in [0.15, 0.2) is 41.5 Å². The van der Waals surface area contributed by atoms with E-state index >= 15 is 0 Å². The van der Waals surface area contributed by atoms with Crippen LogP contribution >= 0.6 is 0 Å². The lowest BCUT2D eigenvalue weighted by Crippen LogP contribution is -2.53. The topological polar surface area (TPSA) is 95.9 Å². The van der Waals surface area contributed by atoms with Gasteiger partial charge in [0.1, 0.15) is 6.54 Å². The Morgan fingerprint density at radius 2 is 1.78 bits per heavy atom. The number of nitrogens with one attached hydrogen (secondary N) is 1. The van der Waals surface area contributed by atoms with Gasteiger partial charge in [0.05, 0.1) is 25.0 Å². The van der Waals surface area contributed by atoms with E-state index in [9.17, 15) is 9.59 Å². The maximum absolute atomic E-state index is 14.0. The molecule has 1 saturated heterocycles. The van der Waals surface area contributed by atoms with Crippen molar-refractivity contribution < 1.29 is 23.8 Å². The number of carbonyl (C=O) groups excluding carboxylic acids is 2. The summed E-state index contributed by atoms with van der Waals surface area (Å²) in [6.45, 7) is 14.1. The molecule has 1 atom stereocenters. The van der Waals surface area contributed by atoms with Crippen LogP contribution in [0.4, 0.5) is 4.79 Å². The summed E-state index contributed by atoms with van der Waals surface area (Å²) in [6.07, 6.45) is 0.551. The van der Waals surface area contributed by atoms with E-state index in [-0.39, 0.29) is 31.3 Å². The van der Waals surface area contributed by atoms with Gasteiger partial charge in [-0.15, -0.1) is 0 Å². The molecule has 1 N–H and O–H groups in total. The van der Waals surface area contributed by atoms with Crippen LogP contribution < -0.4 is 14.8 Å². The van der Waals surface area contributed by atoms with Gasteiger partial charge < -0.3 is 24.4 Å². The number of ether oxygens (including phenoxy) is 3. The van der Waals surface area contributed by atoms with E-state index in [2.05, 4.69) is 42.3 Å². The van der Waals surface area contributed by atoms with Crippen LogP contribution in [0.25, 0.3) is 0 Å². The maximum Gasteiger partial charge on any atom is 0.318 e. The number of hydrogen-bond acceptors (Lipinski definition) is 7. The molecule has 0 unspecified atom stereocenters. The first-order valence-electron chi connectivity index (χ1n) is 14.3. The first-order chi connectivity index (χ1) is 19.6. The molecule has 3 aliphatic rings. The van der Waals surface area contributed by atoms with Crippen LogP contribution in [-0.4, -0.2) is 90.7 Å². The fourth-order valence-corrected chi connectivity index (χ4v) is 5.19. The second kappa shape index (κ2) is 12.1. The largest absolute Gasteiger partial charge is 0.454 e. The molecule has 5 rings (SSSR count). The van der Waals surface area contributed by atoms with Gasteiger partial charge in [-0.2, -0.15) is 5.10 Å². The molecule has 3 aliphatic heterocycles. The zero-order chi connectivity index (χ0) is 29.1. The van der Waals surface area contributed by atoms with Crippen LogP contribution in [0.3, 0.4) is 0 Å². The number of hydrazone groups is 1. The number of hydrogen-bond donors (Lipinski definition) is 1. The van der Waals surface area contributed by atoms with Crippen molar-refractivity contribution in [2.45, 2.75) is 52.6 Å². The summed E-state index contributed by atoms with van der Waals surface area (Å²) in [4.78, 5) is 31.2. The molecule has 1 fully saturated rings. The number of carbonyl (C=O) groups is 2. The van der Waals surface area contributed by atoms with Gasteiger partial charge in [-0.3, -0.25) is 9.69 Å². The van der Waals surface area contributed by atoms with Crippen LogP contribution in [0.5, 0.6) is 11.5 Å². The molecule has 0 aromatic heterocycles. The van der Waals surface area contributed by atoms with E-state index in [1.54, 1.807) is 9.91 Å². The molecule has 2 aromatic carbocycles. The van der Waals surface area contributed by atoms with Crippen molar-refractivity contribution in [2.75, 3.05) is 52.7 Å². The number of nitrogens with zero attached hydrogens (tertiary/aromatic N) is 4. The molecule has 0 saturated carbocycles. The van der Waals surface area contributed by atoms with E-state index in [4.69, 9.17) is 19.3 Å². The SMILES string of the molecule is Cc1ccc(C2=NN(C(=O)CN(CCN3CCOCC3)C(=O)NC(C)(C)C)[C@H](c3ccc4c(c3)OCO4)C2)cc1C. The summed E-state index contributed by atoms with van der Waals surface area (Å²) in [7, 11) is 0. The first kappa shape index (κ1) is 28.9. The van der Waals surface area contributed by atoms with Gasteiger partial charge in [0.2, 0.25) is 6.79 Å². The highest BCUT2D eigenvalue weighted by Crippen LogP contribution is 2.39. The van der Waals surface area contributed by atoms with E-state index < -0.39 is 5.54 Å². The summed E-state index contributed by atoms with van der Waals surface area (Å²) in [6, 6.07) is 11.4. The minimum Gasteiger partial charge on any atom is -0.454 e. The third-order valence-corrected chi connectivity index (χ3v) is 7.67. The number of rotatable bonds is 7. The van der Waals surface area contributed by atoms with E-state index in [0.29, 0.717) is 44.2 Å². The van der Waals surface area contributed by atoms with Crippen LogP contribution in [0.2, 0.25) is 0 Å². The Balaban J connectivity index is 1.41. The second-order valence-electron chi connectivity index (χ2n) is 12.0. The molecule has 2 aromatic rings. The van der Waals surface area contributed by atoms with Gasteiger partial charge in [-0.1, -0.05) is 18.2 Å². The van der Waals surface area contributed by atoms with Crippen molar-refractivity contribution in [1.82, 2.24) is 20.1 Å². The van der Waals surface area contributed by atoms with Crippen molar-refractivity contribution in [3.63, 3.8) is 0 Å². The van der Waals surface area contributed by atoms with Crippen molar-refractivity contribution in [3.05, 3.63) is 58.7 Å².